The molecular formula is C44H71NO14. The van der Waals surface area contributed by atoms with Crippen LogP contribution in [0.1, 0.15) is 88.5 Å². The van der Waals surface area contributed by atoms with Gasteiger partial charge in [-0.05, 0) is 46.1 Å². The van der Waals surface area contributed by atoms with Gasteiger partial charge in [-0.3, -0.25) is 0 Å². The fourth-order valence-electron chi connectivity index (χ4n) is 8.51. The Morgan fingerprint density at radius 1 is 1.07 bits per heavy atom. The number of methoxy groups -OCH3 is 1. The van der Waals surface area contributed by atoms with Gasteiger partial charge in [-0.25, -0.2) is 9.59 Å². The van der Waals surface area contributed by atoms with E-state index in [1.165, 1.54) is 13.2 Å². The first-order valence-corrected chi connectivity index (χ1v) is 20.7. The Bertz CT molecular complexity index is 1530. The molecule has 18 atom stereocenters. The number of esters is 1. The van der Waals surface area contributed by atoms with Gasteiger partial charge in [0.05, 0.1) is 42.7 Å². The lowest BCUT2D eigenvalue weighted by Crippen LogP contribution is -2.59. The van der Waals surface area contributed by atoms with Crippen molar-refractivity contribution in [1.82, 2.24) is 0 Å². The second kappa shape index (κ2) is 22.1. The van der Waals surface area contributed by atoms with Crippen LogP contribution < -0.4 is 5.73 Å². The zero-order valence-electron chi connectivity index (χ0n) is 36.5. The van der Waals surface area contributed by atoms with E-state index in [9.17, 15) is 40.2 Å². The molecule has 0 bridgehead atoms. The van der Waals surface area contributed by atoms with E-state index in [1.807, 2.05) is 26.8 Å². The lowest BCUT2D eigenvalue weighted by molar-refractivity contribution is -0.338. The van der Waals surface area contributed by atoms with Gasteiger partial charge in [-0.15, -0.1) is 0 Å². The molecule has 0 saturated carbocycles. The third kappa shape index (κ3) is 13.2. The van der Waals surface area contributed by atoms with Crippen molar-refractivity contribution in [2.45, 2.75) is 162 Å². The van der Waals surface area contributed by atoms with Crippen molar-refractivity contribution in [2.75, 3.05) is 7.11 Å². The standard InChI is InChI=1S/C44H71NO14/c1-12-14-33-26(6)35(56-36-20-31(46)41(30(10)55-36)58-43(45)52)21-44(53,59-33)29(9)39(50)28(8)40-34(54-11)16-13-15-22(2)17-24(4)37(48)27(7)38(49)25(5)18-23(3)19-32(47)42(51)57-40/h12-16,18-19,24-31,33-41,46-50,53H,17,20-21H2,1-11H3,(H2,45,52)/b14-12+,16-13+,22-15+,23-18+,32-19+/t24-,25-,26-,27+,28+,29+,30-,31-,33-,34+,35-,36+,37+,38-,39-,40-,41-,44-/m1/s1. The van der Waals surface area contributed by atoms with Crippen molar-refractivity contribution >= 4 is 12.1 Å². The number of allylic oxidation sites excluding steroid dienone is 6. The molecule has 0 aliphatic carbocycles. The van der Waals surface area contributed by atoms with E-state index in [0.29, 0.717) is 12.0 Å². The van der Waals surface area contributed by atoms with Crippen LogP contribution in [0.2, 0.25) is 0 Å². The Hall–Kier alpha value is -3.12. The molecule has 0 radical (unpaired) electrons. The van der Waals surface area contributed by atoms with E-state index in [2.05, 4.69) is 0 Å². The van der Waals surface area contributed by atoms with Gasteiger partial charge in [-0.2, -0.15) is 0 Å². The molecule has 15 nitrogen and oxygen atoms in total. The van der Waals surface area contributed by atoms with E-state index in [1.54, 1.807) is 78.8 Å². The number of amides is 1. The minimum absolute atomic E-state index is 0.0419. The molecule has 59 heavy (non-hydrogen) atoms. The van der Waals surface area contributed by atoms with Gasteiger partial charge in [0.2, 0.25) is 5.76 Å². The third-order valence-corrected chi connectivity index (χ3v) is 12.3. The minimum atomic E-state index is -1.99. The van der Waals surface area contributed by atoms with Crippen molar-refractivity contribution in [3.8, 4) is 0 Å². The molecule has 3 heterocycles. The van der Waals surface area contributed by atoms with Gasteiger partial charge in [0.15, 0.2) is 18.2 Å². The van der Waals surface area contributed by atoms with Crippen LogP contribution in [0.15, 0.2) is 59.4 Å². The molecule has 0 aromatic rings. The van der Waals surface area contributed by atoms with Crippen LogP contribution in [-0.4, -0.2) is 123 Å². The smallest absolute Gasteiger partial charge is 0.404 e. The molecule has 3 aliphatic rings. The van der Waals surface area contributed by atoms with E-state index in [0.717, 1.165) is 5.57 Å². The molecule has 336 valence electrons. The Kier molecular flexibility index (Phi) is 18.8. The Labute approximate surface area is 349 Å². The molecular weight excluding hydrogens is 766 g/mol. The van der Waals surface area contributed by atoms with Crippen LogP contribution in [-0.2, 0) is 33.2 Å². The van der Waals surface area contributed by atoms with Crippen LogP contribution in [0.5, 0.6) is 0 Å². The molecule has 2 saturated heterocycles. The molecule has 0 spiro atoms. The average molecular weight is 838 g/mol. The van der Waals surface area contributed by atoms with Crippen LogP contribution in [0.4, 0.5) is 4.79 Å². The molecule has 1 amide bonds. The number of nitrogens with two attached hydrogens (primary N) is 1. The summed E-state index contributed by atoms with van der Waals surface area (Å²) in [5.41, 5.74) is 6.59. The molecule has 8 N–H and O–H groups in total. The first-order chi connectivity index (χ1) is 27.5. The summed E-state index contributed by atoms with van der Waals surface area (Å²) in [6.45, 7) is 17.6. The number of hydrogen-bond acceptors (Lipinski definition) is 14. The summed E-state index contributed by atoms with van der Waals surface area (Å²) >= 11 is 0. The average Bonchev–Trinajstić information content (AvgIpc) is 3.16. The topological polar surface area (TPSA) is 237 Å². The van der Waals surface area contributed by atoms with Gasteiger partial charge >= 0.3 is 12.1 Å². The molecule has 2 fully saturated rings. The minimum Gasteiger partial charge on any atom is -0.502 e. The van der Waals surface area contributed by atoms with Crippen molar-refractivity contribution in [3.05, 3.63) is 59.4 Å². The summed E-state index contributed by atoms with van der Waals surface area (Å²) in [5.74, 6) is -7.14. The molecule has 0 unspecified atom stereocenters. The van der Waals surface area contributed by atoms with E-state index >= 15 is 0 Å². The summed E-state index contributed by atoms with van der Waals surface area (Å²) in [5, 5.41) is 68.2. The predicted octanol–water partition coefficient (Wildman–Crippen LogP) is 4.51. The quantitative estimate of drug-likeness (QED) is 0.125. The third-order valence-electron chi connectivity index (χ3n) is 12.3. The molecule has 3 rings (SSSR count). The highest BCUT2D eigenvalue weighted by Gasteiger charge is 2.52. The fourth-order valence-corrected chi connectivity index (χ4v) is 8.51. The van der Waals surface area contributed by atoms with Crippen LogP contribution in [0.25, 0.3) is 0 Å². The molecule has 3 aliphatic heterocycles. The lowest BCUT2D eigenvalue weighted by atomic mass is 9.77. The van der Waals surface area contributed by atoms with Gasteiger partial charge in [0, 0.05) is 49.5 Å². The van der Waals surface area contributed by atoms with Crippen LogP contribution in [0, 0.1) is 35.5 Å². The summed E-state index contributed by atoms with van der Waals surface area (Å²) in [7, 11) is 1.42. The van der Waals surface area contributed by atoms with E-state index in [4.69, 9.17) is 34.2 Å². The predicted molar refractivity (Wildman–Crippen MR) is 219 cm³/mol. The first kappa shape index (κ1) is 50.2. The SMILES string of the molecule is C/C=C/[C@H]1O[C@@](O)([C@@H](C)[C@H](O)[C@H](C)[C@H]2OC(=O)/C(O)=C\C(C)=C\[C@@H](C)[C@@H](O)[C@@H](C)[C@@H](O)[C@H](C)C/C(C)=C/C=C/[C@@H]2OC)C[C@@H](O[C@H]2C[C@@H](O)[C@H](OC(N)=O)[C@@H](C)O2)[C@@H]1C. The summed E-state index contributed by atoms with van der Waals surface area (Å²) < 4.78 is 35.4. The van der Waals surface area contributed by atoms with Crippen molar-refractivity contribution < 1.29 is 68.6 Å². The highest BCUT2D eigenvalue weighted by Crippen LogP contribution is 2.42. The number of aliphatic hydroxyl groups excluding tert-OH is 5. The normalized spacial score (nSPS) is 43.3. The number of carbonyl (C=O) groups excluding carboxylic acids is 2. The number of ether oxygens (including phenoxy) is 6. The summed E-state index contributed by atoms with van der Waals surface area (Å²) in [4.78, 5) is 24.9. The number of aliphatic hydroxyl groups is 6. The highest BCUT2D eigenvalue weighted by atomic mass is 16.7. The zero-order valence-corrected chi connectivity index (χ0v) is 36.5. The first-order valence-electron chi connectivity index (χ1n) is 20.7. The Morgan fingerprint density at radius 2 is 1.73 bits per heavy atom. The largest absolute Gasteiger partial charge is 0.502 e. The number of carbonyl (C=O) groups is 2. The Morgan fingerprint density at radius 3 is 2.32 bits per heavy atom. The van der Waals surface area contributed by atoms with Crippen LogP contribution in [0.3, 0.4) is 0 Å². The monoisotopic (exact) mass is 837 g/mol. The second-order valence-electron chi connectivity index (χ2n) is 17.1. The molecule has 0 aromatic carbocycles. The van der Waals surface area contributed by atoms with E-state index in [-0.39, 0.29) is 24.7 Å². The van der Waals surface area contributed by atoms with Crippen molar-refractivity contribution in [1.29, 1.82) is 0 Å². The number of hydrogen-bond donors (Lipinski definition) is 7. The van der Waals surface area contributed by atoms with Gasteiger partial charge < -0.3 is 64.8 Å². The second-order valence-corrected chi connectivity index (χ2v) is 17.1. The fraction of sp³-hybridized carbons (Fsp3) is 0.727. The maximum atomic E-state index is 13.5. The van der Waals surface area contributed by atoms with Gasteiger partial charge in [0.25, 0.3) is 0 Å². The maximum Gasteiger partial charge on any atom is 0.404 e. The molecule has 0 aromatic heterocycles. The van der Waals surface area contributed by atoms with Crippen molar-refractivity contribution in [3.63, 3.8) is 0 Å². The molecule has 15 heteroatoms. The summed E-state index contributed by atoms with van der Waals surface area (Å²) in [6, 6.07) is 0. The number of primary amides is 1. The number of rotatable bonds is 9. The summed E-state index contributed by atoms with van der Waals surface area (Å²) in [6.07, 6.45) is 0.641. The zero-order chi connectivity index (χ0) is 44.5. The highest BCUT2D eigenvalue weighted by molar-refractivity contribution is 5.86. The van der Waals surface area contributed by atoms with Crippen molar-refractivity contribution in [2.24, 2.45) is 41.2 Å². The van der Waals surface area contributed by atoms with Gasteiger partial charge in [-0.1, -0.05) is 89.1 Å². The van der Waals surface area contributed by atoms with Crippen LogP contribution >= 0.6 is 0 Å². The lowest BCUT2D eigenvalue weighted by Gasteiger charge is -2.49. The Balaban J connectivity index is 1.97. The van der Waals surface area contributed by atoms with E-state index < -0.39 is 115 Å². The maximum absolute atomic E-state index is 13.5. The number of cyclic esters (lactones) is 1. The van der Waals surface area contributed by atoms with Gasteiger partial charge in [0.1, 0.15) is 12.2 Å².